The van der Waals surface area contributed by atoms with Crippen LogP contribution in [0.2, 0.25) is 0 Å². The maximum absolute atomic E-state index is 5.74. The minimum atomic E-state index is 0.0844. The second-order valence-corrected chi connectivity index (χ2v) is 5.51. The Morgan fingerprint density at radius 2 is 1.82 bits per heavy atom. The van der Waals surface area contributed by atoms with Gasteiger partial charge < -0.3 is 0 Å². The molecule has 0 spiro atoms. The third-order valence-corrected chi connectivity index (χ3v) is 3.96. The van der Waals surface area contributed by atoms with Gasteiger partial charge in [-0.3, -0.25) is 5.84 Å². The van der Waals surface area contributed by atoms with Crippen molar-refractivity contribution in [2.24, 2.45) is 5.84 Å². The Balaban J connectivity index is 2.49. The number of thiophene rings is 1. The fourth-order valence-electron chi connectivity index (χ4n) is 2.24. The molecule has 3 N–H and O–H groups in total. The molecule has 0 aliphatic heterocycles. The van der Waals surface area contributed by atoms with Crippen LogP contribution in [0, 0.1) is 20.8 Å². The molecule has 17 heavy (non-hydrogen) atoms. The first kappa shape index (κ1) is 12.3. The van der Waals surface area contributed by atoms with Gasteiger partial charge in [0.1, 0.15) is 0 Å². The summed E-state index contributed by atoms with van der Waals surface area (Å²) in [4.78, 5) is 1.31. The molecule has 1 aromatic carbocycles. The SMILES string of the molecule is Cc1cc(C(NN)c2c(C)cccc2C)cs1. The van der Waals surface area contributed by atoms with E-state index in [1.54, 1.807) is 11.3 Å². The van der Waals surface area contributed by atoms with E-state index >= 15 is 0 Å². The van der Waals surface area contributed by atoms with Gasteiger partial charge in [-0.15, -0.1) is 11.3 Å². The molecule has 0 saturated heterocycles. The lowest BCUT2D eigenvalue weighted by Gasteiger charge is -2.20. The fourth-order valence-corrected chi connectivity index (χ4v) is 2.97. The van der Waals surface area contributed by atoms with Crippen molar-refractivity contribution < 1.29 is 0 Å². The summed E-state index contributed by atoms with van der Waals surface area (Å²) in [5.74, 6) is 5.74. The number of benzene rings is 1. The molecule has 2 nitrogen and oxygen atoms in total. The summed E-state index contributed by atoms with van der Waals surface area (Å²) >= 11 is 1.76. The van der Waals surface area contributed by atoms with Crippen LogP contribution < -0.4 is 11.3 Å². The molecule has 0 aliphatic rings. The van der Waals surface area contributed by atoms with Crippen LogP contribution in [0.15, 0.2) is 29.6 Å². The number of hydrogen-bond acceptors (Lipinski definition) is 3. The van der Waals surface area contributed by atoms with Crippen molar-refractivity contribution in [2.45, 2.75) is 26.8 Å². The molecule has 0 saturated carbocycles. The number of hydrazine groups is 1. The summed E-state index contributed by atoms with van der Waals surface area (Å²) in [6.45, 7) is 6.38. The third-order valence-electron chi connectivity index (χ3n) is 3.08. The summed E-state index contributed by atoms with van der Waals surface area (Å²) in [5.41, 5.74) is 8.01. The fraction of sp³-hybridized carbons (Fsp3) is 0.286. The summed E-state index contributed by atoms with van der Waals surface area (Å²) in [6.07, 6.45) is 0. The van der Waals surface area contributed by atoms with Gasteiger partial charge >= 0.3 is 0 Å². The topological polar surface area (TPSA) is 38.0 Å². The molecule has 1 heterocycles. The van der Waals surface area contributed by atoms with Gasteiger partial charge in [-0.2, -0.15) is 0 Å². The maximum Gasteiger partial charge on any atom is 0.0723 e. The van der Waals surface area contributed by atoms with Gasteiger partial charge in [-0.1, -0.05) is 18.2 Å². The summed E-state index contributed by atoms with van der Waals surface area (Å²) in [5, 5.41) is 2.17. The monoisotopic (exact) mass is 246 g/mol. The van der Waals surface area contributed by atoms with Crippen LogP contribution in [0.1, 0.15) is 33.2 Å². The van der Waals surface area contributed by atoms with Crippen LogP contribution in [0.4, 0.5) is 0 Å². The summed E-state index contributed by atoms with van der Waals surface area (Å²) in [6, 6.07) is 8.63. The lowest BCUT2D eigenvalue weighted by atomic mass is 9.93. The van der Waals surface area contributed by atoms with Crippen LogP contribution in [-0.2, 0) is 0 Å². The first-order chi connectivity index (χ1) is 8.13. The molecular formula is C14H18N2S. The van der Waals surface area contributed by atoms with Crippen LogP contribution >= 0.6 is 11.3 Å². The zero-order valence-electron chi connectivity index (χ0n) is 10.4. The van der Waals surface area contributed by atoms with Crippen LogP contribution in [0.25, 0.3) is 0 Å². The van der Waals surface area contributed by atoms with E-state index in [4.69, 9.17) is 5.84 Å². The van der Waals surface area contributed by atoms with Crippen LogP contribution in [0.3, 0.4) is 0 Å². The minimum absolute atomic E-state index is 0.0844. The molecule has 3 heteroatoms. The Kier molecular flexibility index (Phi) is 3.62. The van der Waals surface area contributed by atoms with E-state index < -0.39 is 0 Å². The zero-order valence-corrected chi connectivity index (χ0v) is 11.3. The van der Waals surface area contributed by atoms with Gasteiger partial charge in [-0.25, -0.2) is 5.43 Å². The quantitative estimate of drug-likeness (QED) is 0.644. The molecule has 0 aliphatic carbocycles. The Morgan fingerprint density at radius 3 is 2.29 bits per heavy atom. The highest BCUT2D eigenvalue weighted by molar-refractivity contribution is 7.10. The molecule has 1 atom stereocenters. The van der Waals surface area contributed by atoms with Crippen molar-refractivity contribution in [3.05, 3.63) is 56.8 Å². The highest BCUT2D eigenvalue weighted by Crippen LogP contribution is 2.29. The van der Waals surface area contributed by atoms with E-state index in [1.807, 2.05) is 0 Å². The maximum atomic E-state index is 5.74. The predicted molar refractivity (Wildman–Crippen MR) is 74.1 cm³/mol. The number of hydrogen-bond donors (Lipinski definition) is 2. The Morgan fingerprint density at radius 1 is 1.18 bits per heavy atom. The number of nitrogens with two attached hydrogens (primary N) is 1. The molecule has 0 amide bonds. The molecule has 0 fully saturated rings. The molecule has 90 valence electrons. The number of rotatable bonds is 3. The van der Waals surface area contributed by atoms with Crippen LogP contribution in [0.5, 0.6) is 0 Å². The molecule has 2 aromatic rings. The second-order valence-electron chi connectivity index (χ2n) is 4.40. The lowest BCUT2D eigenvalue weighted by molar-refractivity contribution is 0.632. The minimum Gasteiger partial charge on any atom is -0.271 e. The molecular weight excluding hydrogens is 228 g/mol. The van der Waals surface area contributed by atoms with Gasteiger partial charge in [0.05, 0.1) is 6.04 Å². The van der Waals surface area contributed by atoms with Crippen molar-refractivity contribution in [3.8, 4) is 0 Å². The average molecular weight is 246 g/mol. The van der Waals surface area contributed by atoms with Gasteiger partial charge in [0.25, 0.3) is 0 Å². The van der Waals surface area contributed by atoms with Crippen molar-refractivity contribution in [1.29, 1.82) is 0 Å². The Hall–Kier alpha value is -1.16. The Bertz CT molecular complexity index is 496. The summed E-state index contributed by atoms with van der Waals surface area (Å²) < 4.78 is 0. The van der Waals surface area contributed by atoms with E-state index in [0.29, 0.717) is 0 Å². The van der Waals surface area contributed by atoms with E-state index in [9.17, 15) is 0 Å². The van der Waals surface area contributed by atoms with Crippen LogP contribution in [-0.4, -0.2) is 0 Å². The standard InChI is InChI=1S/C14H18N2S/c1-9-5-4-6-10(2)13(9)14(16-15)12-7-11(3)17-8-12/h4-8,14,16H,15H2,1-3H3. The van der Waals surface area contributed by atoms with Gasteiger partial charge in [0, 0.05) is 4.88 Å². The van der Waals surface area contributed by atoms with Crippen molar-refractivity contribution in [1.82, 2.24) is 5.43 Å². The molecule has 1 aromatic heterocycles. The average Bonchev–Trinajstić information content (AvgIpc) is 2.70. The van der Waals surface area contributed by atoms with Crippen molar-refractivity contribution in [2.75, 3.05) is 0 Å². The number of nitrogens with one attached hydrogen (secondary N) is 1. The van der Waals surface area contributed by atoms with E-state index in [1.165, 1.54) is 27.1 Å². The van der Waals surface area contributed by atoms with Gasteiger partial charge in [0.2, 0.25) is 0 Å². The molecule has 0 bridgehead atoms. The third kappa shape index (κ3) is 2.41. The largest absolute Gasteiger partial charge is 0.271 e. The Labute approximate surface area is 106 Å². The highest BCUT2D eigenvalue weighted by atomic mass is 32.1. The second kappa shape index (κ2) is 5.00. The van der Waals surface area contributed by atoms with E-state index in [-0.39, 0.29) is 6.04 Å². The molecule has 1 unspecified atom stereocenters. The van der Waals surface area contributed by atoms with Gasteiger partial charge in [0.15, 0.2) is 0 Å². The lowest BCUT2D eigenvalue weighted by Crippen LogP contribution is -2.29. The van der Waals surface area contributed by atoms with Crippen molar-refractivity contribution in [3.63, 3.8) is 0 Å². The molecule has 0 radical (unpaired) electrons. The number of aryl methyl sites for hydroxylation is 3. The zero-order chi connectivity index (χ0) is 12.4. The first-order valence-electron chi connectivity index (χ1n) is 5.70. The van der Waals surface area contributed by atoms with Gasteiger partial charge in [-0.05, 0) is 54.5 Å². The molecule has 2 rings (SSSR count). The predicted octanol–water partition coefficient (Wildman–Crippen LogP) is 3.23. The first-order valence-corrected chi connectivity index (χ1v) is 6.58. The normalized spacial score (nSPS) is 12.7. The van der Waals surface area contributed by atoms with E-state index in [2.05, 4.69) is 55.8 Å². The highest BCUT2D eigenvalue weighted by Gasteiger charge is 2.17. The van der Waals surface area contributed by atoms with Crippen molar-refractivity contribution >= 4 is 11.3 Å². The van der Waals surface area contributed by atoms with E-state index in [0.717, 1.165) is 0 Å². The summed E-state index contributed by atoms with van der Waals surface area (Å²) in [7, 11) is 0. The smallest absolute Gasteiger partial charge is 0.0723 e.